The van der Waals surface area contributed by atoms with Crippen LogP contribution >= 0.6 is 23.6 Å². The van der Waals surface area contributed by atoms with Crippen molar-refractivity contribution in [3.05, 3.63) is 52.7 Å². The van der Waals surface area contributed by atoms with Gasteiger partial charge >= 0.3 is 5.97 Å². The summed E-state index contributed by atoms with van der Waals surface area (Å²) in [4.78, 5) is 13.6. The highest BCUT2D eigenvalue weighted by Gasteiger charge is 2.24. The minimum atomic E-state index is -0.400. The molecule has 0 saturated heterocycles. The number of hydrogen-bond acceptors (Lipinski definition) is 5. The van der Waals surface area contributed by atoms with Crippen molar-refractivity contribution in [1.29, 1.82) is 0 Å². The van der Waals surface area contributed by atoms with Crippen LogP contribution in [0, 0.1) is 13.8 Å². The van der Waals surface area contributed by atoms with Gasteiger partial charge in [0.15, 0.2) is 5.11 Å². The first-order chi connectivity index (χ1) is 13.4. The number of aromatic nitrogens is 2. The Kier molecular flexibility index (Phi) is 6.11. The Morgan fingerprint density at radius 1 is 1.25 bits per heavy atom. The van der Waals surface area contributed by atoms with E-state index in [0.717, 1.165) is 33.9 Å². The number of carbonyl (C=O) groups excluding carboxylic acids is 1. The Balaban J connectivity index is 1.92. The van der Waals surface area contributed by atoms with Crippen molar-refractivity contribution in [3.8, 4) is 11.1 Å². The quantitative estimate of drug-likeness (QED) is 0.460. The van der Waals surface area contributed by atoms with Crippen LogP contribution in [0.2, 0.25) is 0 Å². The summed E-state index contributed by atoms with van der Waals surface area (Å²) in [7, 11) is 1.38. The Hall–Kier alpha value is -2.71. The SMILES string of the molecule is CCn1cc(NC(=S)Nc2sc(C)c(-c3ccccc3)c2C(=O)OC)c(C)n1. The molecule has 0 aliphatic carbocycles. The van der Waals surface area contributed by atoms with E-state index in [4.69, 9.17) is 17.0 Å². The molecule has 0 bridgehead atoms. The third-order valence-corrected chi connectivity index (χ3v) is 5.51. The van der Waals surface area contributed by atoms with Gasteiger partial charge in [0.05, 0.1) is 18.5 Å². The van der Waals surface area contributed by atoms with Crippen molar-refractivity contribution >= 4 is 45.3 Å². The van der Waals surface area contributed by atoms with Gasteiger partial charge in [-0.05, 0) is 38.6 Å². The molecule has 3 rings (SSSR count). The van der Waals surface area contributed by atoms with Gasteiger partial charge in [-0.25, -0.2) is 4.79 Å². The first kappa shape index (κ1) is 20.0. The summed E-state index contributed by atoms with van der Waals surface area (Å²) < 4.78 is 6.88. The highest BCUT2D eigenvalue weighted by Crippen LogP contribution is 2.40. The van der Waals surface area contributed by atoms with Crippen LogP contribution in [0.3, 0.4) is 0 Å². The molecule has 1 aromatic carbocycles. The maximum Gasteiger partial charge on any atom is 0.341 e. The van der Waals surface area contributed by atoms with Gasteiger partial charge in [0.25, 0.3) is 0 Å². The number of anilines is 2. The predicted molar refractivity (Wildman–Crippen MR) is 118 cm³/mol. The Morgan fingerprint density at radius 3 is 2.57 bits per heavy atom. The van der Waals surface area contributed by atoms with Crippen molar-refractivity contribution < 1.29 is 9.53 Å². The molecule has 0 unspecified atom stereocenters. The lowest BCUT2D eigenvalue weighted by Crippen LogP contribution is -2.20. The molecular formula is C20H22N4O2S2. The third-order valence-electron chi connectivity index (χ3n) is 4.28. The smallest absolute Gasteiger partial charge is 0.341 e. The molecule has 0 radical (unpaired) electrons. The van der Waals surface area contributed by atoms with E-state index in [9.17, 15) is 4.79 Å². The van der Waals surface area contributed by atoms with Crippen LogP contribution in [0.25, 0.3) is 11.1 Å². The fraction of sp³-hybridized carbons (Fsp3) is 0.250. The van der Waals surface area contributed by atoms with Gasteiger partial charge in [-0.1, -0.05) is 30.3 Å². The molecule has 6 nitrogen and oxygen atoms in total. The lowest BCUT2D eigenvalue weighted by Gasteiger charge is -2.11. The zero-order valence-electron chi connectivity index (χ0n) is 16.2. The number of methoxy groups -OCH3 is 1. The van der Waals surface area contributed by atoms with Gasteiger partial charge in [0, 0.05) is 23.2 Å². The van der Waals surface area contributed by atoms with E-state index in [1.54, 1.807) is 0 Å². The fourth-order valence-corrected chi connectivity index (χ4v) is 4.29. The highest BCUT2D eigenvalue weighted by atomic mass is 32.1. The van der Waals surface area contributed by atoms with Crippen LogP contribution in [0.4, 0.5) is 10.7 Å². The number of esters is 1. The minimum absolute atomic E-state index is 0.393. The van der Waals surface area contributed by atoms with E-state index >= 15 is 0 Å². The number of rotatable bonds is 5. The molecule has 28 heavy (non-hydrogen) atoms. The molecule has 0 aliphatic heterocycles. The summed E-state index contributed by atoms with van der Waals surface area (Å²) in [5.74, 6) is -0.400. The molecule has 0 amide bonds. The summed E-state index contributed by atoms with van der Waals surface area (Å²) in [5, 5.41) is 11.8. The molecule has 0 aliphatic rings. The molecular weight excluding hydrogens is 392 g/mol. The van der Waals surface area contributed by atoms with E-state index in [1.165, 1.54) is 18.4 Å². The zero-order chi connectivity index (χ0) is 20.3. The van der Waals surface area contributed by atoms with Crippen LogP contribution < -0.4 is 10.6 Å². The normalized spacial score (nSPS) is 10.6. The molecule has 0 atom stereocenters. The largest absolute Gasteiger partial charge is 0.465 e. The van der Waals surface area contributed by atoms with Crippen molar-refractivity contribution in [2.24, 2.45) is 0 Å². The lowest BCUT2D eigenvalue weighted by molar-refractivity contribution is 0.0603. The maximum atomic E-state index is 12.5. The summed E-state index contributed by atoms with van der Waals surface area (Å²) in [6.45, 7) is 6.70. The standard InChI is InChI=1S/C20H22N4O2S2/c1-5-24-11-15(12(2)23-24)21-20(27)22-18-17(19(25)26-4)16(13(3)28-18)14-9-7-6-8-10-14/h6-11H,5H2,1-4H3,(H2,21,22,27). The van der Waals surface area contributed by atoms with E-state index in [2.05, 4.69) is 15.7 Å². The van der Waals surface area contributed by atoms with Gasteiger partial charge in [0.1, 0.15) is 10.6 Å². The Bertz CT molecular complexity index is 1010. The second-order valence-corrected chi connectivity index (χ2v) is 7.79. The average Bonchev–Trinajstić information content (AvgIpc) is 3.20. The van der Waals surface area contributed by atoms with Crippen LogP contribution in [0.15, 0.2) is 36.5 Å². The minimum Gasteiger partial charge on any atom is -0.465 e. The van der Waals surface area contributed by atoms with E-state index < -0.39 is 5.97 Å². The van der Waals surface area contributed by atoms with Gasteiger partial charge in [-0.15, -0.1) is 11.3 Å². The first-order valence-electron chi connectivity index (χ1n) is 8.83. The Morgan fingerprint density at radius 2 is 1.96 bits per heavy atom. The average molecular weight is 415 g/mol. The summed E-state index contributed by atoms with van der Waals surface area (Å²) in [5.41, 5.74) is 3.99. The van der Waals surface area contributed by atoms with Gasteiger partial charge in [0.2, 0.25) is 0 Å². The van der Waals surface area contributed by atoms with Crippen molar-refractivity contribution in [3.63, 3.8) is 0 Å². The molecule has 146 valence electrons. The van der Waals surface area contributed by atoms with Crippen LogP contribution in [0.5, 0.6) is 0 Å². The molecule has 0 spiro atoms. The van der Waals surface area contributed by atoms with Crippen molar-refractivity contribution in [2.45, 2.75) is 27.3 Å². The second kappa shape index (κ2) is 8.53. The number of carbonyl (C=O) groups is 1. The number of hydrogen-bond donors (Lipinski definition) is 2. The Labute approximate surface area is 173 Å². The third kappa shape index (κ3) is 4.07. The number of thiophene rings is 1. The number of aryl methyl sites for hydroxylation is 3. The first-order valence-corrected chi connectivity index (χ1v) is 10.1. The number of ether oxygens (including phenoxy) is 1. The van der Waals surface area contributed by atoms with E-state index in [-0.39, 0.29) is 0 Å². The van der Waals surface area contributed by atoms with Crippen LogP contribution in [-0.4, -0.2) is 28.0 Å². The van der Waals surface area contributed by atoms with E-state index in [1.807, 2.05) is 62.0 Å². The lowest BCUT2D eigenvalue weighted by atomic mass is 10.0. The molecule has 8 heteroatoms. The van der Waals surface area contributed by atoms with Crippen LogP contribution in [-0.2, 0) is 11.3 Å². The summed E-state index contributed by atoms with van der Waals surface area (Å²) >= 11 is 6.94. The second-order valence-electron chi connectivity index (χ2n) is 6.16. The fourth-order valence-electron chi connectivity index (χ4n) is 2.94. The maximum absolute atomic E-state index is 12.5. The number of nitrogens with zero attached hydrogens (tertiary/aromatic N) is 2. The van der Waals surface area contributed by atoms with Gasteiger partial charge in [-0.3, -0.25) is 4.68 Å². The van der Waals surface area contributed by atoms with Gasteiger partial charge in [-0.2, -0.15) is 5.10 Å². The van der Waals surface area contributed by atoms with E-state index in [0.29, 0.717) is 15.7 Å². The van der Waals surface area contributed by atoms with Crippen LogP contribution in [0.1, 0.15) is 27.9 Å². The summed E-state index contributed by atoms with van der Waals surface area (Å²) in [6.07, 6.45) is 1.90. The summed E-state index contributed by atoms with van der Waals surface area (Å²) in [6, 6.07) is 9.79. The molecule has 0 saturated carbocycles. The molecule has 2 N–H and O–H groups in total. The number of benzene rings is 1. The number of nitrogens with one attached hydrogen (secondary N) is 2. The monoisotopic (exact) mass is 414 g/mol. The topological polar surface area (TPSA) is 68.2 Å². The zero-order valence-corrected chi connectivity index (χ0v) is 17.8. The number of thiocarbonyl (C=S) groups is 1. The van der Waals surface area contributed by atoms with Crippen molar-refractivity contribution in [1.82, 2.24) is 9.78 Å². The molecule has 2 heterocycles. The highest BCUT2D eigenvalue weighted by molar-refractivity contribution is 7.80. The van der Waals surface area contributed by atoms with Crippen molar-refractivity contribution in [2.75, 3.05) is 17.7 Å². The molecule has 3 aromatic rings. The van der Waals surface area contributed by atoms with Gasteiger partial charge < -0.3 is 15.4 Å². The molecule has 2 aromatic heterocycles. The predicted octanol–water partition coefficient (Wildman–Crippen LogP) is 4.84. The molecule has 0 fully saturated rings.